The van der Waals surface area contributed by atoms with Crippen LogP contribution in [0.2, 0.25) is 0 Å². The Morgan fingerprint density at radius 1 is 1.16 bits per heavy atom. The molecule has 1 aromatic heterocycles. The lowest BCUT2D eigenvalue weighted by atomic mass is 9.91. The number of aromatic amines is 1. The maximum Gasteiger partial charge on any atom is 0.256 e. The van der Waals surface area contributed by atoms with E-state index in [1.807, 2.05) is 13.0 Å². The highest BCUT2D eigenvalue weighted by atomic mass is 16.5. The van der Waals surface area contributed by atoms with E-state index >= 15 is 0 Å². The molecule has 0 unspecified atom stereocenters. The lowest BCUT2D eigenvalue weighted by molar-refractivity contribution is 0.301. The molecule has 2 aromatic rings. The summed E-state index contributed by atoms with van der Waals surface area (Å²) >= 11 is 0. The van der Waals surface area contributed by atoms with E-state index in [1.54, 1.807) is 12.7 Å². The SMILES string of the molecule is CC/C(=C\c1ccccc1)[C@@H]1C[C@H]1NC1CCC(NCc2c(OC)cc(C)[nH]c2=O)CC1. The summed E-state index contributed by atoms with van der Waals surface area (Å²) in [6.45, 7) is 4.70. The van der Waals surface area contributed by atoms with Crippen LogP contribution in [0.15, 0.2) is 46.8 Å². The Kier molecular flexibility index (Phi) is 7.48. The van der Waals surface area contributed by atoms with Crippen LogP contribution in [-0.4, -0.2) is 30.2 Å². The molecular formula is C27H37N3O2. The van der Waals surface area contributed by atoms with Crippen molar-refractivity contribution in [3.05, 3.63) is 69.1 Å². The van der Waals surface area contributed by atoms with Crippen molar-refractivity contribution in [3.63, 3.8) is 0 Å². The molecule has 4 rings (SSSR count). The second kappa shape index (κ2) is 10.5. The minimum Gasteiger partial charge on any atom is -0.496 e. The molecule has 5 nitrogen and oxygen atoms in total. The third-order valence-electron chi connectivity index (χ3n) is 7.02. The Morgan fingerprint density at radius 3 is 2.56 bits per heavy atom. The van der Waals surface area contributed by atoms with Gasteiger partial charge in [-0.05, 0) is 63.0 Å². The van der Waals surface area contributed by atoms with Crippen molar-refractivity contribution >= 4 is 6.08 Å². The lowest BCUT2D eigenvalue weighted by Crippen LogP contribution is -2.41. The minimum atomic E-state index is -0.0558. The molecule has 2 saturated carbocycles. The van der Waals surface area contributed by atoms with Gasteiger partial charge < -0.3 is 20.4 Å². The molecule has 32 heavy (non-hydrogen) atoms. The first-order valence-electron chi connectivity index (χ1n) is 12.1. The zero-order valence-electron chi connectivity index (χ0n) is 19.6. The Bertz CT molecular complexity index is 974. The number of hydrogen-bond donors (Lipinski definition) is 3. The molecule has 2 fully saturated rings. The standard InChI is InChI=1S/C27H37N3O2/c1-4-20(15-19-8-6-5-7-9-19)23-16-25(23)30-22-12-10-21(11-13-22)28-17-24-26(32-3)14-18(2)29-27(24)31/h5-9,14-15,21-23,25,28,30H,4,10-13,16-17H2,1-3H3,(H,29,31)/b20-15+/t21?,22?,23-,25+/m0/s1. The van der Waals surface area contributed by atoms with Gasteiger partial charge in [0.05, 0.1) is 12.7 Å². The van der Waals surface area contributed by atoms with Crippen molar-refractivity contribution in [1.82, 2.24) is 15.6 Å². The quantitative estimate of drug-likeness (QED) is 0.540. The highest BCUT2D eigenvalue weighted by Gasteiger charge is 2.40. The Labute approximate surface area is 191 Å². The van der Waals surface area contributed by atoms with Gasteiger partial charge in [-0.25, -0.2) is 0 Å². The van der Waals surface area contributed by atoms with Gasteiger partial charge in [0.2, 0.25) is 0 Å². The van der Waals surface area contributed by atoms with Crippen LogP contribution in [-0.2, 0) is 6.54 Å². The molecular weight excluding hydrogens is 398 g/mol. The van der Waals surface area contributed by atoms with Gasteiger partial charge in [0.25, 0.3) is 5.56 Å². The largest absolute Gasteiger partial charge is 0.496 e. The fourth-order valence-corrected chi connectivity index (χ4v) is 5.07. The number of methoxy groups -OCH3 is 1. The van der Waals surface area contributed by atoms with Gasteiger partial charge >= 0.3 is 0 Å². The van der Waals surface area contributed by atoms with Crippen molar-refractivity contribution in [2.24, 2.45) is 5.92 Å². The van der Waals surface area contributed by atoms with Crippen molar-refractivity contribution in [2.75, 3.05) is 7.11 Å². The number of rotatable bonds is 9. The highest BCUT2D eigenvalue weighted by Crippen LogP contribution is 2.40. The molecule has 0 spiro atoms. The first kappa shape index (κ1) is 22.8. The van der Waals surface area contributed by atoms with Crippen molar-refractivity contribution in [2.45, 2.75) is 77.0 Å². The van der Waals surface area contributed by atoms with Gasteiger partial charge in [-0.1, -0.05) is 48.9 Å². The van der Waals surface area contributed by atoms with Crippen molar-refractivity contribution in [1.29, 1.82) is 0 Å². The second-order valence-electron chi connectivity index (χ2n) is 9.36. The van der Waals surface area contributed by atoms with Crippen LogP contribution in [0.3, 0.4) is 0 Å². The number of nitrogens with one attached hydrogen (secondary N) is 3. The molecule has 1 aromatic carbocycles. The van der Waals surface area contributed by atoms with Gasteiger partial charge in [-0.3, -0.25) is 4.79 Å². The summed E-state index contributed by atoms with van der Waals surface area (Å²) in [5.74, 6) is 1.36. The van der Waals surface area contributed by atoms with Crippen molar-refractivity contribution in [3.8, 4) is 5.75 Å². The normalized spacial score (nSPS) is 25.5. The van der Waals surface area contributed by atoms with E-state index in [0.29, 0.717) is 41.9 Å². The summed E-state index contributed by atoms with van der Waals surface area (Å²) in [5, 5.41) is 7.52. The molecule has 2 atom stereocenters. The molecule has 1 heterocycles. The van der Waals surface area contributed by atoms with E-state index in [0.717, 1.165) is 25.0 Å². The number of H-pyrrole nitrogens is 1. The Balaban J connectivity index is 1.23. The summed E-state index contributed by atoms with van der Waals surface area (Å²) in [6, 6.07) is 14.3. The molecule has 2 aliphatic carbocycles. The first-order valence-corrected chi connectivity index (χ1v) is 12.1. The van der Waals surface area contributed by atoms with Crippen LogP contribution in [0, 0.1) is 12.8 Å². The predicted octanol–water partition coefficient (Wildman–Crippen LogP) is 4.56. The van der Waals surface area contributed by atoms with E-state index in [2.05, 4.69) is 58.9 Å². The minimum absolute atomic E-state index is 0.0558. The van der Waals surface area contributed by atoms with Crippen LogP contribution in [0.4, 0.5) is 0 Å². The summed E-state index contributed by atoms with van der Waals surface area (Å²) in [7, 11) is 1.62. The fourth-order valence-electron chi connectivity index (χ4n) is 5.07. The van der Waals surface area contributed by atoms with Crippen LogP contribution in [0.5, 0.6) is 5.75 Å². The fraction of sp³-hybridized carbons (Fsp3) is 0.519. The molecule has 0 bridgehead atoms. The van der Waals surface area contributed by atoms with Gasteiger partial charge in [0.15, 0.2) is 0 Å². The van der Waals surface area contributed by atoms with Crippen molar-refractivity contribution < 1.29 is 4.74 Å². The van der Waals surface area contributed by atoms with E-state index in [4.69, 9.17) is 4.74 Å². The second-order valence-corrected chi connectivity index (χ2v) is 9.36. The summed E-state index contributed by atoms with van der Waals surface area (Å²) in [5.41, 5.74) is 4.34. The third-order valence-corrected chi connectivity index (χ3v) is 7.02. The average Bonchev–Trinajstić information content (AvgIpc) is 3.56. The first-order chi connectivity index (χ1) is 15.6. The molecule has 172 valence electrons. The monoisotopic (exact) mass is 435 g/mol. The summed E-state index contributed by atoms with van der Waals surface area (Å²) < 4.78 is 5.42. The van der Waals surface area contributed by atoms with E-state index in [-0.39, 0.29) is 5.56 Å². The highest BCUT2D eigenvalue weighted by molar-refractivity contribution is 5.54. The smallest absolute Gasteiger partial charge is 0.256 e. The number of aromatic nitrogens is 1. The number of aryl methyl sites for hydroxylation is 1. The number of ether oxygens (including phenoxy) is 1. The Hall–Kier alpha value is -2.37. The van der Waals surface area contributed by atoms with Gasteiger partial charge in [0.1, 0.15) is 5.75 Å². The van der Waals surface area contributed by atoms with E-state index in [9.17, 15) is 4.79 Å². The number of pyridine rings is 1. The van der Waals surface area contributed by atoms with Crippen LogP contribution >= 0.6 is 0 Å². The molecule has 0 saturated heterocycles. The van der Waals surface area contributed by atoms with Gasteiger partial charge in [-0.15, -0.1) is 0 Å². The average molecular weight is 436 g/mol. The molecule has 0 aliphatic heterocycles. The topological polar surface area (TPSA) is 66.2 Å². The number of benzene rings is 1. The molecule has 5 heteroatoms. The summed E-state index contributed by atoms with van der Waals surface area (Å²) in [6.07, 6.45) is 9.42. The lowest BCUT2D eigenvalue weighted by Gasteiger charge is -2.30. The maximum absolute atomic E-state index is 12.3. The molecule has 2 aliphatic rings. The maximum atomic E-state index is 12.3. The van der Waals surface area contributed by atoms with Crippen LogP contribution < -0.4 is 20.9 Å². The molecule has 0 amide bonds. The third kappa shape index (κ3) is 5.70. The van der Waals surface area contributed by atoms with Crippen LogP contribution in [0.25, 0.3) is 6.08 Å². The molecule has 3 N–H and O–H groups in total. The van der Waals surface area contributed by atoms with Gasteiger partial charge in [-0.2, -0.15) is 0 Å². The predicted molar refractivity (Wildman–Crippen MR) is 131 cm³/mol. The number of hydrogen-bond acceptors (Lipinski definition) is 4. The van der Waals surface area contributed by atoms with Gasteiger partial charge in [0, 0.05) is 30.4 Å². The zero-order chi connectivity index (χ0) is 22.5. The van der Waals surface area contributed by atoms with E-state index in [1.165, 1.54) is 24.8 Å². The molecule has 0 radical (unpaired) electrons. The summed E-state index contributed by atoms with van der Waals surface area (Å²) in [4.78, 5) is 15.2. The Morgan fingerprint density at radius 2 is 1.88 bits per heavy atom. The zero-order valence-corrected chi connectivity index (χ0v) is 19.6. The van der Waals surface area contributed by atoms with Crippen LogP contribution in [0.1, 0.15) is 62.3 Å². The van der Waals surface area contributed by atoms with E-state index < -0.39 is 0 Å².